The first kappa shape index (κ1) is 12.9. The fourth-order valence-electron chi connectivity index (χ4n) is 3.96. The first-order valence-electron chi connectivity index (χ1n) is 8.29. The van der Waals surface area contributed by atoms with E-state index in [1.54, 1.807) is 0 Å². The molecule has 0 N–H and O–H groups in total. The van der Waals surface area contributed by atoms with Crippen LogP contribution in [0.2, 0.25) is 0 Å². The average Bonchev–Trinajstić information content (AvgIpc) is 3.30. The van der Waals surface area contributed by atoms with Crippen molar-refractivity contribution >= 4 is 16.6 Å². The molecular formula is C20H14N5+. The van der Waals surface area contributed by atoms with Gasteiger partial charge in [-0.1, -0.05) is 18.2 Å². The third-order valence-electron chi connectivity index (χ3n) is 5.00. The normalized spacial score (nSPS) is 12.6. The molecule has 0 spiro atoms. The zero-order chi connectivity index (χ0) is 16.4. The Labute approximate surface area is 143 Å². The highest BCUT2D eigenvalue weighted by Gasteiger charge is 2.36. The summed E-state index contributed by atoms with van der Waals surface area (Å²) in [4.78, 5) is 8.56. The minimum Gasteiger partial charge on any atom is -0.299 e. The molecular weight excluding hydrogens is 310 g/mol. The molecule has 0 amide bonds. The lowest BCUT2D eigenvalue weighted by atomic mass is 10.1. The largest absolute Gasteiger partial charge is 0.299 e. The van der Waals surface area contributed by atoms with Crippen LogP contribution in [-0.2, 0) is 6.54 Å². The van der Waals surface area contributed by atoms with E-state index >= 15 is 0 Å². The predicted molar refractivity (Wildman–Crippen MR) is 94.6 cm³/mol. The predicted octanol–water partition coefficient (Wildman–Crippen LogP) is 2.99. The van der Waals surface area contributed by atoms with Gasteiger partial charge in [0.05, 0.1) is 18.1 Å². The lowest BCUT2D eigenvalue weighted by Crippen LogP contribution is -2.31. The number of para-hydroxylation sites is 1. The van der Waals surface area contributed by atoms with Crippen molar-refractivity contribution in [2.24, 2.45) is 0 Å². The van der Waals surface area contributed by atoms with E-state index in [0.717, 1.165) is 17.7 Å². The van der Waals surface area contributed by atoms with Crippen LogP contribution in [0.25, 0.3) is 33.6 Å². The minimum atomic E-state index is 0.846. The van der Waals surface area contributed by atoms with Crippen LogP contribution in [0.15, 0.2) is 73.6 Å². The number of hydrogen-bond acceptors (Lipinski definition) is 2. The molecule has 1 aliphatic rings. The van der Waals surface area contributed by atoms with E-state index in [2.05, 4.69) is 72.2 Å². The highest BCUT2D eigenvalue weighted by atomic mass is 15.2. The van der Waals surface area contributed by atoms with Crippen molar-refractivity contribution in [2.75, 3.05) is 0 Å². The highest BCUT2D eigenvalue weighted by Crippen LogP contribution is 2.35. The van der Waals surface area contributed by atoms with Gasteiger partial charge in [-0.05, 0) is 24.3 Å². The summed E-state index contributed by atoms with van der Waals surface area (Å²) < 4.78 is 6.83. The Kier molecular flexibility index (Phi) is 2.34. The maximum absolute atomic E-state index is 4.31. The molecule has 0 saturated heterocycles. The first-order chi connectivity index (χ1) is 12.4. The lowest BCUT2D eigenvalue weighted by Gasteiger charge is -2.02. The topological polar surface area (TPSA) is 39.0 Å². The van der Waals surface area contributed by atoms with Crippen molar-refractivity contribution in [3.63, 3.8) is 0 Å². The smallest absolute Gasteiger partial charge is 0.296 e. The van der Waals surface area contributed by atoms with Crippen LogP contribution in [0, 0.1) is 0 Å². The van der Waals surface area contributed by atoms with Gasteiger partial charge in [-0.2, -0.15) is 4.57 Å². The average molecular weight is 324 g/mol. The highest BCUT2D eigenvalue weighted by molar-refractivity contribution is 5.94. The van der Waals surface area contributed by atoms with Crippen LogP contribution in [0.1, 0.15) is 5.56 Å². The molecule has 118 valence electrons. The summed E-state index contributed by atoms with van der Waals surface area (Å²) in [5.41, 5.74) is 7.26. The molecule has 0 unspecified atom stereocenters. The van der Waals surface area contributed by atoms with Crippen molar-refractivity contribution in [1.29, 1.82) is 0 Å². The molecule has 5 heteroatoms. The number of nitrogens with zero attached hydrogens (tertiary/aromatic N) is 5. The Hall–Kier alpha value is -3.47. The summed E-state index contributed by atoms with van der Waals surface area (Å²) in [5, 5.41) is 0. The van der Waals surface area contributed by atoms with E-state index in [1.165, 1.54) is 28.0 Å². The maximum Gasteiger partial charge on any atom is 0.296 e. The Balaban J connectivity index is 1.84. The number of imidazole rings is 1. The van der Waals surface area contributed by atoms with Gasteiger partial charge in [0.25, 0.3) is 5.82 Å². The van der Waals surface area contributed by atoms with Gasteiger partial charge < -0.3 is 0 Å². The van der Waals surface area contributed by atoms with E-state index < -0.39 is 0 Å². The van der Waals surface area contributed by atoms with Gasteiger partial charge in [0.15, 0.2) is 5.52 Å². The van der Waals surface area contributed by atoms with Crippen LogP contribution in [0.4, 0.5) is 0 Å². The van der Waals surface area contributed by atoms with Gasteiger partial charge in [0.2, 0.25) is 5.52 Å². The van der Waals surface area contributed by atoms with Crippen molar-refractivity contribution < 1.29 is 4.57 Å². The van der Waals surface area contributed by atoms with E-state index in [0.29, 0.717) is 0 Å². The molecule has 0 radical (unpaired) electrons. The summed E-state index contributed by atoms with van der Waals surface area (Å²) in [6.45, 7) is 0.846. The number of pyridine rings is 1. The SMILES string of the molecule is c1ccc(-n2c3[n+](c4cn5cnccc5c42)Cc2cnccc2-3)cc1. The molecule has 6 rings (SSSR count). The summed E-state index contributed by atoms with van der Waals surface area (Å²) >= 11 is 0. The maximum atomic E-state index is 4.31. The number of fused-ring (bicyclic) bond motifs is 7. The zero-order valence-corrected chi connectivity index (χ0v) is 13.4. The molecule has 1 aliphatic heterocycles. The van der Waals surface area contributed by atoms with Crippen LogP contribution in [0.3, 0.4) is 0 Å². The first-order valence-corrected chi connectivity index (χ1v) is 8.29. The molecule has 0 bridgehead atoms. The number of benzene rings is 1. The van der Waals surface area contributed by atoms with Crippen LogP contribution < -0.4 is 4.57 Å². The molecule has 0 atom stereocenters. The molecule has 25 heavy (non-hydrogen) atoms. The van der Waals surface area contributed by atoms with Crippen LogP contribution in [-0.4, -0.2) is 18.9 Å². The zero-order valence-electron chi connectivity index (χ0n) is 13.4. The Bertz CT molecular complexity index is 1260. The molecule has 5 heterocycles. The molecule has 4 aromatic heterocycles. The van der Waals surface area contributed by atoms with Gasteiger partial charge in [0.1, 0.15) is 17.7 Å². The van der Waals surface area contributed by atoms with Crippen LogP contribution in [0.5, 0.6) is 0 Å². The third kappa shape index (κ3) is 1.59. The molecule has 0 fully saturated rings. The summed E-state index contributed by atoms with van der Waals surface area (Å²) in [7, 11) is 0. The van der Waals surface area contributed by atoms with Gasteiger partial charge in [-0.25, -0.2) is 9.55 Å². The summed E-state index contributed by atoms with van der Waals surface area (Å²) in [6.07, 6.45) is 9.73. The van der Waals surface area contributed by atoms with E-state index in [4.69, 9.17) is 0 Å². The molecule has 5 aromatic rings. The molecule has 0 aliphatic carbocycles. The van der Waals surface area contributed by atoms with Crippen LogP contribution >= 0.6 is 0 Å². The summed E-state index contributed by atoms with van der Waals surface area (Å²) in [6, 6.07) is 14.7. The number of aromatic nitrogens is 5. The number of hydrogen-bond donors (Lipinski definition) is 0. The summed E-state index contributed by atoms with van der Waals surface area (Å²) in [5.74, 6) is 1.22. The van der Waals surface area contributed by atoms with Crippen molar-refractivity contribution in [3.8, 4) is 17.1 Å². The van der Waals surface area contributed by atoms with E-state index in [1.807, 2.05) is 24.9 Å². The second kappa shape index (κ2) is 4.54. The third-order valence-corrected chi connectivity index (χ3v) is 5.00. The number of rotatable bonds is 1. The molecule has 1 aromatic carbocycles. The Morgan fingerprint density at radius 2 is 1.84 bits per heavy atom. The quantitative estimate of drug-likeness (QED) is 0.436. The van der Waals surface area contributed by atoms with E-state index in [9.17, 15) is 0 Å². The Morgan fingerprint density at radius 1 is 0.960 bits per heavy atom. The second-order valence-electron chi connectivity index (χ2n) is 6.35. The van der Waals surface area contributed by atoms with Crippen molar-refractivity contribution in [1.82, 2.24) is 18.9 Å². The monoisotopic (exact) mass is 324 g/mol. The van der Waals surface area contributed by atoms with Gasteiger partial charge in [-0.3, -0.25) is 9.38 Å². The van der Waals surface area contributed by atoms with Gasteiger partial charge in [0, 0.05) is 24.2 Å². The van der Waals surface area contributed by atoms with Crippen molar-refractivity contribution in [3.05, 3.63) is 79.1 Å². The minimum absolute atomic E-state index is 0.846. The fourth-order valence-corrected chi connectivity index (χ4v) is 3.96. The lowest BCUT2D eigenvalue weighted by molar-refractivity contribution is -0.645. The molecule has 0 saturated carbocycles. The second-order valence-corrected chi connectivity index (χ2v) is 6.35. The van der Waals surface area contributed by atoms with E-state index in [-0.39, 0.29) is 0 Å². The Morgan fingerprint density at radius 3 is 2.76 bits per heavy atom. The molecule has 5 nitrogen and oxygen atoms in total. The van der Waals surface area contributed by atoms with Gasteiger partial charge in [-0.15, -0.1) is 0 Å². The fraction of sp³-hybridized carbons (Fsp3) is 0.0500. The standard InChI is InChI=1S/C20H14N5/c1-2-4-15(5-3-1)25-19-17-7-9-22-13-23(17)12-18(19)24-11-14-10-21-8-6-16(14)20(24)25/h1-10,12-13H,11H2/q+1. The van der Waals surface area contributed by atoms with Gasteiger partial charge >= 0.3 is 0 Å². The van der Waals surface area contributed by atoms with Crippen molar-refractivity contribution in [2.45, 2.75) is 6.54 Å².